The van der Waals surface area contributed by atoms with E-state index in [9.17, 15) is 0 Å². The highest BCUT2D eigenvalue weighted by atomic mass is 16.6. The smallest absolute Gasteiger partial charge is 0.117 e. The summed E-state index contributed by atoms with van der Waals surface area (Å²) in [6.45, 7) is 8.20. The second kappa shape index (κ2) is 11.4. The number of benzene rings is 2. The third-order valence-electron chi connectivity index (χ3n) is 5.65. The Morgan fingerprint density at radius 3 is 2.41 bits per heavy atom. The molecule has 7 nitrogen and oxygen atoms in total. The van der Waals surface area contributed by atoms with Crippen molar-refractivity contribution >= 4 is 11.4 Å². The third kappa shape index (κ3) is 6.17. The highest BCUT2D eigenvalue weighted by molar-refractivity contribution is 5.99. The Kier molecular flexibility index (Phi) is 7.87. The van der Waals surface area contributed by atoms with E-state index in [4.69, 9.17) is 4.84 Å². The van der Waals surface area contributed by atoms with Crippen LogP contribution in [0.25, 0.3) is 0 Å². The van der Waals surface area contributed by atoms with Crippen molar-refractivity contribution in [2.75, 3.05) is 37.7 Å². The fourth-order valence-electron chi connectivity index (χ4n) is 3.81. The van der Waals surface area contributed by atoms with Crippen LogP contribution in [0, 0.1) is 0 Å². The number of nitrogens with zero attached hydrogens (tertiary/aromatic N) is 6. The molecular weight excluding hydrogens is 400 g/mol. The van der Waals surface area contributed by atoms with Gasteiger partial charge in [-0.15, -0.1) is 5.10 Å². The highest BCUT2D eigenvalue weighted by Gasteiger charge is 2.18. The SMILES string of the molecule is CCCCO/N=C(\Cn1cc(CN2CCN(c3ccccc3)CC2)nn1)c1ccccc1. The fraction of sp³-hybridized carbons (Fsp3) is 0.400. The number of hydrogen-bond acceptors (Lipinski definition) is 6. The molecule has 1 aliphatic rings. The molecule has 1 aromatic heterocycles. The lowest BCUT2D eigenvalue weighted by Gasteiger charge is -2.35. The Labute approximate surface area is 190 Å². The molecule has 0 N–H and O–H groups in total. The normalized spacial score (nSPS) is 15.2. The summed E-state index contributed by atoms with van der Waals surface area (Å²) in [5.41, 5.74) is 4.18. The molecule has 0 spiro atoms. The summed E-state index contributed by atoms with van der Waals surface area (Å²) >= 11 is 0. The predicted molar refractivity (Wildman–Crippen MR) is 128 cm³/mol. The lowest BCUT2D eigenvalue weighted by molar-refractivity contribution is 0.140. The van der Waals surface area contributed by atoms with Crippen LogP contribution >= 0.6 is 0 Å². The number of rotatable bonds is 10. The maximum Gasteiger partial charge on any atom is 0.117 e. The van der Waals surface area contributed by atoms with Crippen LogP contribution in [0.4, 0.5) is 5.69 Å². The predicted octanol–water partition coefficient (Wildman–Crippen LogP) is 3.82. The second-order valence-electron chi connectivity index (χ2n) is 8.10. The molecule has 1 fully saturated rings. The molecule has 0 atom stereocenters. The van der Waals surface area contributed by atoms with Crippen LogP contribution in [0.1, 0.15) is 31.0 Å². The minimum atomic E-state index is 0.533. The summed E-state index contributed by atoms with van der Waals surface area (Å²) in [6.07, 6.45) is 4.10. The second-order valence-corrected chi connectivity index (χ2v) is 8.10. The molecule has 7 heteroatoms. The van der Waals surface area contributed by atoms with Crippen molar-refractivity contribution in [2.45, 2.75) is 32.9 Å². The Bertz CT molecular complexity index is 964. The van der Waals surface area contributed by atoms with E-state index in [0.717, 1.165) is 62.5 Å². The van der Waals surface area contributed by atoms with Crippen molar-refractivity contribution in [3.05, 3.63) is 78.1 Å². The van der Waals surface area contributed by atoms with Gasteiger partial charge in [-0.3, -0.25) is 4.90 Å². The first kappa shape index (κ1) is 22.0. The van der Waals surface area contributed by atoms with Crippen molar-refractivity contribution in [2.24, 2.45) is 5.16 Å². The zero-order valence-electron chi connectivity index (χ0n) is 18.8. The summed E-state index contributed by atoms with van der Waals surface area (Å²) in [5.74, 6) is 0. The minimum Gasteiger partial charge on any atom is -0.396 e. The van der Waals surface area contributed by atoms with Gasteiger partial charge in [0.2, 0.25) is 0 Å². The molecule has 0 saturated carbocycles. The van der Waals surface area contributed by atoms with E-state index < -0.39 is 0 Å². The molecule has 0 unspecified atom stereocenters. The Morgan fingerprint density at radius 2 is 1.69 bits per heavy atom. The molecule has 2 heterocycles. The van der Waals surface area contributed by atoms with E-state index in [1.807, 2.05) is 41.2 Å². The zero-order valence-corrected chi connectivity index (χ0v) is 18.8. The van der Waals surface area contributed by atoms with Gasteiger partial charge in [-0.1, -0.05) is 72.2 Å². The van der Waals surface area contributed by atoms with Crippen LogP contribution in [0.2, 0.25) is 0 Å². The zero-order chi connectivity index (χ0) is 22.0. The first-order valence-electron chi connectivity index (χ1n) is 11.5. The van der Waals surface area contributed by atoms with Gasteiger partial charge in [-0.2, -0.15) is 0 Å². The van der Waals surface area contributed by atoms with Crippen molar-refractivity contribution in [1.82, 2.24) is 19.9 Å². The molecule has 3 aromatic rings. The molecular formula is C25H32N6O. The average molecular weight is 433 g/mol. The average Bonchev–Trinajstić information content (AvgIpc) is 3.29. The fourth-order valence-corrected chi connectivity index (χ4v) is 3.81. The van der Waals surface area contributed by atoms with Crippen LogP contribution in [-0.4, -0.2) is 58.4 Å². The van der Waals surface area contributed by atoms with Gasteiger partial charge in [0.1, 0.15) is 12.3 Å². The van der Waals surface area contributed by atoms with Crippen LogP contribution in [0.5, 0.6) is 0 Å². The molecule has 0 aliphatic carbocycles. The Balaban J connectivity index is 1.33. The van der Waals surface area contributed by atoms with E-state index in [1.165, 1.54) is 5.69 Å². The summed E-state index contributed by atoms with van der Waals surface area (Å²) in [5, 5.41) is 13.2. The van der Waals surface area contributed by atoms with Gasteiger partial charge in [0, 0.05) is 44.0 Å². The van der Waals surface area contributed by atoms with Gasteiger partial charge in [0.05, 0.1) is 18.4 Å². The van der Waals surface area contributed by atoms with Gasteiger partial charge in [0.15, 0.2) is 0 Å². The van der Waals surface area contributed by atoms with Crippen molar-refractivity contribution in [1.29, 1.82) is 0 Å². The Hall–Kier alpha value is -3.19. The lowest BCUT2D eigenvalue weighted by Crippen LogP contribution is -2.46. The molecule has 4 rings (SSSR count). The summed E-state index contributed by atoms with van der Waals surface area (Å²) in [4.78, 5) is 10.4. The standard InChI is InChI=1S/C25H32N6O/c1-2-3-18-32-27-25(22-10-6-4-7-11-22)21-31-20-23(26-28-31)19-29-14-16-30(17-15-29)24-12-8-5-9-13-24/h4-13,20H,2-3,14-19,21H2,1H3/b27-25+. The first-order chi connectivity index (χ1) is 15.8. The monoisotopic (exact) mass is 432 g/mol. The van der Waals surface area contributed by atoms with Gasteiger partial charge in [0.25, 0.3) is 0 Å². The number of unbranched alkanes of at least 4 members (excludes halogenated alkanes) is 1. The van der Waals surface area contributed by atoms with Gasteiger partial charge in [-0.05, 0) is 18.6 Å². The number of aromatic nitrogens is 3. The maximum absolute atomic E-state index is 5.55. The number of hydrogen-bond donors (Lipinski definition) is 0. The molecule has 2 aromatic carbocycles. The van der Waals surface area contributed by atoms with Crippen LogP contribution < -0.4 is 4.90 Å². The number of piperazine rings is 1. The summed E-state index contributed by atoms with van der Waals surface area (Å²) in [6, 6.07) is 20.7. The molecule has 0 amide bonds. The van der Waals surface area contributed by atoms with Crippen molar-refractivity contribution in [3.63, 3.8) is 0 Å². The molecule has 0 bridgehead atoms. The van der Waals surface area contributed by atoms with E-state index in [1.54, 1.807) is 0 Å². The largest absolute Gasteiger partial charge is 0.396 e. The number of anilines is 1. The van der Waals surface area contributed by atoms with Gasteiger partial charge in [-0.25, -0.2) is 4.68 Å². The number of para-hydroxylation sites is 1. The van der Waals surface area contributed by atoms with Gasteiger partial charge < -0.3 is 9.74 Å². The lowest BCUT2D eigenvalue weighted by atomic mass is 10.1. The topological polar surface area (TPSA) is 58.8 Å². The van der Waals surface area contributed by atoms with Crippen LogP contribution in [0.3, 0.4) is 0 Å². The van der Waals surface area contributed by atoms with E-state index in [-0.39, 0.29) is 0 Å². The molecule has 1 aliphatic heterocycles. The Morgan fingerprint density at radius 1 is 0.969 bits per heavy atom. The molecule has 1 saturated heterocycles. The molecule has 0 radical (unpaired) electrons. The van der Waals surface area contributed by atoms with Crippen LogP contribution in [-0.2, 0) is 17.9 Å². The quantitative estimate of drug-likeness (QED) is 0.277. The van der Waals surface area contributed by atoms with Gasteiger partial charge >= 0.3 is 0 Å². The van der Waals surface area contributed by atoms with E-state index in [2.05, 4.69) is 62.5 Å². The van der Waals surface area contributed by atoms with Crippen molar-refractivity contribution < 1.29 is 4.84 Å². The minimum absolute atomic E-state index is 0.533. The van der Waals surface area contributed by atoms with Crippen molar-refractivity contribution in [3.8, 4) is 0 Å². The molecule has 32 heavy (non-hydrogen) atoms. The summed E-state index contributed by atoms with van der Waals surface area (Å²) in [7, 11) is 0. The molecule has 168 valence electrons. The number of oxime groups is 1. The van der Waals surface area contributed by atoms with E-state index >= 15 is 0 Å². The highest BCUT2D eigenvalue weighted by Crippen LogP contribution is 2.16. The van der Waals surface area contributed by atoms with E-state index in [0.29, 0.717) is 13.2 Å². The third-order valence-corrected chi connectivity index (χ3v) is 5.65. The van der Waals surface area contributed by atoms with Crippen LogP contribution in [0.15, 0.2) is 72.0 Å². The first-order valence-corrected chi connectivity index (χ1v) is 11.5. The maximum atomic E-state index is 5.55. The summed E-state index contributed by atoms with van der Waals surface area (Å²) < 4.78 is 1.85.